The lowest BCUT2D eigenvalue weighted by molar-refractivity contribution is 0.925. The van der Waals surface area contributed by atoms with Gasteiger partial charge in [0.2, 0.25) is 0 Å². The third-order valence-electron chi connectivity index (χ3n) is 2.30. The van der Waals surface area contributed by atoms with Crippen LogP contribution in [-0.4, -0.2) is 0 Å². The summed E-state index contributed by atoms with van der Waals surface area (Å²) in [6, 6.07) is 7.66. The maximum absolute atomic E-state index is 6.30. The van der Waals surface area contributed by atoms with Crippen LogP contribution >= 0.6 is 46.1 Å². The van der Waals surface area contributed by atoms with Crippen molar-refractivity contribution in [3.8, 4) is 0 Å². The summed E-state index contributed by atoms with van der Waals surface area (Å²) in [5, 5.41) is 5.23. The van der Waals surface area contributed by atoms with Crippen LogP contribution in [-0.2, 0) is 6.42 Å². The van der Waals surface area contributed by atoms with E-state index in [1.165, 1.54) is 0 Å². The van der Waals surface area contributed by atoms with E-state index in [1.807, 2.05) is 23.6 Å². The molecule has 1 aromatic heterocycles. The lowest BCUT2D eigenvalue weighted by Gasteiger charge is -2.08. The fraction of sp³-hybridized carbons (Fsp3) is 0.167. The molecule has 0 amide bonds. The first-order valence-corrected chi connectivity index (χ1v) is 6.90. The highest BCUT2D eigenvalue weighted by Crippen LogP contribution is 2.29. The van der Waals surface area contributed by atoms with Gasteiger partial charge in [0.1, 0.15) is 0 Å². The zero-order valence-corrected chi connectivity index (χ0v) is 11.4. The predicted octanol–water partition coefficient (Wildman–Crippen LogP) is 5.58. The molecule has 0 aliphatic heterocycles. The van der Waals surface area contributed by atoms with E-state index in [0.29, 0.717) is 10.0 Å². The van der Waals surface area contributed by atoms with Gasteiger partial charge in [0.05, 0.1) is 15.4 Å². The van der Waals surface area contributed by atoms with Crippen molar-refractivity contribution < 1.29 is 0 Å². The molecule has 0 saturated carbocycles. The largest absolute Gasteiger partial charge is 0.152 e. The summed E-state index contributed by atoms with van der Waals surface area (Å²) in [5.74, 6) is 0. The van der Waals surface area contributed by atoms with Crippen molar-refractivity contribution in [2.24, 2.45) is 0 Å². The first-order valence-electron chi connectivity index (χ1n) is 4.77. The van der Waals surface area contributed by atoms with Crippen molar-refractivity contribution in [2.45, 2.75) is 11.8 Å². The molecule has 0 saturated heterocycles. The van der Waals surface area contributed by atoms with Crippen LogP contribution in [0.4, 0.5) is 0 Å². The van der Waals surface area contributed by atoms with Crippen molar-refractivity contribution in [1.82, 2.24) is 0 Å². The Morgan fingerprint density at radius 1 is 1.12 bits per heavy atom. The topological polar surface area (TPSA) is 0 Å². The van der Waals surface area contributed by atoms with E-state index in [-0.39, 0.29) is 5.38 Å². The van der Waals surface area contributed by atoms with Gasteiger partial charge < -0.3 is 0 Å². The average Bonchev–Trinajstić information content (AvgIpc) is 2.77. The van der Waals surface area contributed by atoms with Crippen LogP contribution < -0.4 is 0 Å². The molecule has 0 bridgehead atoms. The molecule has 84 valence electrons. The molecule has 2 aromatic rings. The standard InChI is InChI=1S/C12H9Cl3S/c13-10-2-1-8(6-12(10)15)5-11(14)9-3-4-16-7-9/h1-4,6-7,11H,5H2. The summed E-state index contributed by atoms with van der Waals surface area (Å²) in [6.07, 6.45) is 0.759. The highest BCUT2D eigenvalue weighted by Gasteiger charge is 2.10. The Balaban J connectivity index is 2.12. The molecule has 0 aliphatic carbocycles. The number of rotatable bonds is 3. The molecule has 0 radical (unpaired) electrons. The molecule has 0 aliphatic rings. The lowest BCUT2D eigenvalue weighted by Crippen LogP contribution is -1.94. The molecule has 0 spiro atoms. The molecule has 2 rings (SSSR count). The van der Waals surface area contributed by atoms with Gasteiger partial charge in [-0.3, -0.25) is 0 Å². The van der Waals surface area contributed by atoms with Gasteiger partial charge in [-0.1, -0.05) is 29.3 Å². The minimum absolute atomic E-state index is 0.0107. The number of alkyl halides is 1. The molecule has 1 unspecified atom stereocenters. The normalized spacial score (nSPS) is 12.7. The van der Waals surface area contributed by atoms with Crippen LogP contribution in [0.1, 0.15) is 16.5 Å². The molecular weight excluding hydrogens is 283 g/mol. The summed E-state index contributed by atoms with van der Waals surface area (Å²) in [5.41, 5.74) is 2.25. The molecule has 1 aromatic carbocycles. The van der Waals surface area contributed by atoms with E-state index in [2.05, 4.69) is 5.38 Å². The van der Waals surface area contributed by atoms with Crippen LogP contribution in [0.25, 0.3) is 0 Å². The number of halogens is 3. The van der Waals surface area contributed by atoms with Crippen molar-refractivity contribution >= 4 is 46.1 Å². The number of thiophene rings is 1. The first kappa shape index (κ1) is 12.3. The number of hydrogen-bond acceptors (Lipinski definition) is 1. The maximum atomic E-state index is 6.30. The second-order valence-corrected chi connectivity index (χ2v) is 5.60. The summed E-state index contributed by atoms with van der Waals surface area (Å²) in [6.45, 7) is 0. The van der Waals surface area contributed by atoms with E-state index in [9.17, 15) is 0 Å². The second-order valence-electron chi connectivity index (χ2n) is 3.48. The van der Waals surface area contributed by atoms with E-state index in [4.69, 9.17) is 34.8 Å². The molecule has 0 fully saturated rings. The van der Waals surface area contributed by atoms with Gasteiger partial charge >= 0.3 is 0 Å². The van der Waals surface area contributed by atoms with Crippen LogP contribution in [0.3, 0.4) is 0 Å². The number of hydrogen-bond donors (Lipinski definition) is 0. The van der Waals surface area contributed by atoms with Crippen molar-refractivity contribution in [3.63, 3.8) is 0 Å². The Hall–Kier alpha value is -0.210. The van der Waals surface area contributed by atoms with Crippen molar-refractivity contribution in [3.05, 3.63) is 56.2 Å². The average molecular weight is 292 g/mol. The van der Waals surface area contributed by atoms with Gasteiger partial charge in [-0.25, -0.2) is 0 Å². The molecule has 4 heteroatoms. The van der Waals surface area contributed by atoms with Gasteiger partial charge in [0.15, 0.2) is 0 Å². The Kier molecular flexibility index (Phi) is 4.15. The molecule has 0 N–H and O–H groups in total. The van der Waals surface area contributed by atoms with E-state index in [1.54, 1.807) is 17.4 Å². The van der Waals surface area contributed by atoms with Crippen molar-refractivity contribution in [1.29, 1.82) is 0 Å². The Morgan fingerprint density at radius 3 is 2.56 bits per heavy atom. The molecule has 1 heterocycles. The monoisotopic (exact) mass is 290 g/mol. The first-order chi connectivity index (χ1) is 7.66. The van der Waals surface area contributed by atoms with Crippen molar-refractivity contribution in [2.75, 3.05) is 0 Å². The summed E-state index contributed by atoms with van der Waals surface area (Å²) in [4.78, 5) is 0. The van der Waals surface area contributed by atoms with Gasteiger partial charge in [-0.05, 0) is 46.5 Å². The Morgan fingerprint density at radius 2 is 1.94 bits per heavy atom. The molecular formula is C12H9Cl3S. The fourth-order valence-electron chi connectivity index (χ4n) is 1.44. The summed E-state index contributed by atoms with van der Waals surface area (Å²) in [7, 11) is 0. The minimum Gasteiger partial charge on any atom is -0.152 e. The molecule has 0 nitrogen and oxygen atoms in total. The third-order valence-corrected chi connectivity index (χ3v) is 4.15. The van der Waals surface area contributed by atoms with Crippen LogP contribution in [0.15, 0.2) is 35.0 Å². The highest BCUT2D eigenvalue weighted by atomic mass is 35.5. The van der Waals surface area contributed by atoms with Gasteiger partial charge in [0, 0.05) is 0 Å². The van der Waals surface area contributed by atoms with E-state index >= 15 is 0 Å². The van der Waals surface area contributed by atoms with Gasteiger partial charge in [-0.15, -0.1) is 11.6 Å². The van der Waals surface area contributed by atoms with Crippen LogP contribution in [0.5, 0.6) is 0 Å². The Labute approximate surface area is 114 Å². The van der Waals surface area contributed by atoms with Gasteiger partial charge in [-0.2, -0.15) is 11.3 Å². The Bertz CT molecular complexity index is 465. The van der Waals surface area contributed by atoms with Crippen LogP contribution in [0.2, 0.25) is 10.0 Å². The zero-order valence-electron chi connectivity index (χ0n) is 8.29. The quantitative estimate of drug-likeness (QED) is 0.648. The van der Waals surface area contributed by atoms with Gasteiger partial charge in [0.25, 0.3) is 0 Å². The fourth-order valence-corrected chi connectivity index (χ4v) is 2.87. The van der Waals surface area contributed by atoms with E-state index in [0.717, 1.165) is 17.5 Å². The number of benzene rings is 1. The van der Waals surface area contributed by atoms with E-state index < -0.39 is 0 Å². The summed E-state index contributed by atoms with van der Waals surface area (Å²) >= 11 is 19.8. The smallest absolute Gasteiger partial charge is 0.0633 e. The molecule has 1 atom stereocenters. The predicted molar refractivity (Wildman–Crippen MR) is 73.1 cm³/mol. The highest BCUT2D eigenvalue weighted by molar-refractivity contribution is 7.08. The zero-order chi connectivity index (χ0) is 11.5. The second kappa shape index (κ2) is 5.42. The minimum atomic E-state index is -0.0107. The third kappa shape index (κ3) is 2.92. The maximum Gasteiger partial charge on any atom is 0.0633 e. The van der Waals surface area contributed by atoms with Crippen LogP contribution in [0, 0.1) is 0 Å². The summed E-state index contributed by atoms with van der Waals surface area (Å²) < 4.78 is 0. The SMILES string of the molecule is Clc1ccc(CC(Cl)c2ccsc2)cc1Cl. The molecule has 16 heavy (non-hydrogen) atoms. The lowest BCUT2D eigenvalue weighted by atomic mass is 10.1.